The van der Waals surface area contributed by atoms with Gasteiger partial charge in [-0.1, -0.05) is 0 Å². The Hall–Kier alpha value is -4.56. The second-order valence-electron chi connectivity index (χ2n) is 12.0. The van der Waals surface area contributed by atoms with Crippen LogP contribution in [0.3, 0.4) is 0 Å². The van der Waals surface area contributed by atoms with Gasteiger partial charge in [-0.05, 0) is 73.3 Å². The molecule has 3 aromatic rings. The third-order valence-corrected chi connectivity index (χ3v) is 8.58. The quantitative estimate of drug-likeness (QED) is 0.205. The third-order valence-electron chi connectivity index (χ3n) is 8.58. The van der Waals surface area contributed by atoms with Crippen LogP contribution in [-0.2, 0) is 11.0 Å². The van der Waals surface area contributed by atoms with Gasteiger partial charge in [0.2, 0.25) is 5.88 Å². The number of methoxy groups -OCH3 is 1. The molecule has 48 heavy (non-hydrogen) atoms. The van der Waals surface area contributed by atoms with Crippen molar-refractivity contribution in [3.63, 3.8) is 0 Å². The lowest BCUT2D eigenvalue weighted by molar-refractivity contribution is -0.138. The van der Waals surface area contributed by atoms with E-state index >= 15 is 0 Å². The predicted molar refractivity (Wildman–Crippen MR) is 162 cm³/mol. The van der Waals surface area contributed by atoms with Crippen molar-refractivity contribution in [3.8, 4) is 11.6 Å². The van der Waals surface area contributed by atoms with Crippen LogP contribution in [0.2, 0.25) is 0 Å². The average Bonchev–Trinajstić information content (AvgIpc) is 3.90. The maximum Gasteiger partial charge on any atom is 0.417 e. The smallest absolute Gasteiger partial charge is 0.417 e. The number of piperidine rings is 1. The van der Waals surface area contributed by atoms with Crippen molar-refractivity contribution < 1.29 is 50.5 Å². The number of pyridine rings is 2. The van der Waals surface area contributed by atoms with E-state index < -0.39 is 42.0 Å². The summed E-state index contributed by atoms with van der Waals surface area (Å²) in [7, 11) is 1.39. The van der Waals surface area contributed by atoms with E-state index in [4.69, 9.17) is 9.47 Å². The van der Waals surface area contributed by atoms with Crippen molar-refractivity contribution >= 4 is 23.3 Å². The summed E-state index contributed by atoms with van der Waals surface area (Å²) in [5.41, 5.74) is -0.919. The molecule has 1 aromatic carbocycles. The summed E-state index contributed by atoms with van der Waals surface area (Å²) in [4.78, 5) is 34.9. The summed E-state index contributed by atoms with van der Waals surface area (Å²) < 4.78 is 92.4. The second kappa shape index (κ2) is 14.3. The van der Waals surface area contributed by atoms with Gasteiger partial charge in [-0.25, -0.2) is 4.98 Å². The molecule has 1 amide bonds. The number of benzene rings is 1. The number of rotatable bonds is 12. The minimum absolute atomic E-state index is 0.0339. The van der Waals surface area contributed by atoms with E-state index in [-0.39, 0.29) is 34.4 Å². The van der Waals surface area contributed by atoms with E-state index in [1.807, 2.05) is 11.0 Å². The summed E-state index contributed by atoms with van der Waals surface area (Å²) in [5, 5.41) is 9.34. The number of alkyl halides is 6. The highest BCUT2D eigenvalue weighted by Gasteiger charge is 2.38. The lowest BCUT2D eigenvalue weighted by Crippen LogP contribution is -2.41. The van der Waals surface area contributed by atoms with E-state index in [0.717, 1.165) is 24.6 Å². The Balaban J connectivity index is 1.30. The molecule has 9 nitrogen and oxygen atoms in total. The van der Waals surface area contributed by atoms with Gasteiger partial charge in [0, 0.05) is 37.6 Å². The van der Waals surface area contributed by atoms with E-state index in [2.05, 4.69) is 9.97 Å². The molecule has 0 radical (unpaired) electrons. The van der Waals surface area contributed by atoms with Gasteiger partial charge < -0.3 is 19.5 Å². The number of amides is 1. The van der Waals surface area contributed by atoms with Crippen LogP contribution >= 0.6 is 0 Å². The first-order chi connectivity index (χ1) is 22.7. The maximum absolute atomic E-state index is 13.7. The zero-order valence-electron chi connectivity index (χ0n) is 25.9. The van der Waals surface area contributed by atoms with Crippen LogP contribution in [0.5, 0.6) is 11.6 Å². The van der Waals surface area contributed by atoms with Gasteiger partial charge in [0.25, 0.3) is 5.91 Å². The van der Waals surface area contributed by atoms with Crippen LogP contribution < -0.4 is 19.3 Å². The third kappa shape index (κ3) is 8.86. The SMILES string of the molecule is COc1ccc(C(=O)N(CC(F)(F)F)c2cncc(C(F)(F)F)c2)c(N2CCC(COc3cc(C(CC(=O)O)C4CC4)ccn3)CC2)c1. The van der Waals surface area contributed by atoms with Crippen molar-refractivity contribution in [2.75, 3.05) is 43.2 Å². The van der Waals surface area contributed by atoms with E-state index in [0.29, 0.717) is 62.3 Å². The Morgan fingerprint density at radius 2 is 1.75 bits per heavy atom. The van der Waals surface area contributed by atoms with Crippen LogP contribution in [0.15, 0.2) is 55.0 Å². The molecule has 258 valence electrons. The lowest BCUT2D eigenvalue weighted by Gasteiger charge is -2.35. The Morgan fingerprint density at radius 1 is 1.02 bits per heavy atom. The second-order valence-corrected chi connectivity index (χ2v) is 12.0. The molecule has 1 unspecified atom stereocenters. The molecule has 2 aliphatic rings. The van der Waals surface area contributed by atoms with Crippen LogP contribution in [0.1, 0.15) is 59.5 Å². The summed E-state index contributed by atoms with van der Waals surface area (Å²) in [6, 6.07) is 8.27. The summed E-state index contributed by atoms with van der Waals surface area (Å²) in [6.07, 6.45) is -3.74. The van der Waals surface area contributed by atoms with Crippen molar-refractivity contribution in [1.29, 1.82) is 0 Å². The van der Waals surface area contributed by atoms with Gasteiger partial charge in [-0.2, -0.15) is 26.3 Å². The fourth-order valence-electron chi connectivity index (χ4n) is 5.94. The topological polar surface area (TPSA) is 105 Å². The minimum atomic E-state index is -4.92. The van der Waals surface area contributed by atoms with Crippen LogP contribution in [0.25, 0.3) is 0 Å². The standard InChI is InChI=1S/C33H34F6N4O5/c1-47-25-4-5-26(31(46)43(19-32(34,35)36)24-13-23(16-40-17-24)33(37,38)39)28(14-25)42-10-7-20(8-11-42)18-48-29-12-22(6-9-41-29)27(15-30(44)45)21-2-3-21/h4-6,9,12-14,16-17,20-21,27H,2-3,7-8,10-11,15,18-19H2,1H3,(H,44,45). The molecule has 5 rings (SSSR count). The molecule has 15 heteroatoms. The van der Waals surface area contributed by atoms with E-state index in [1.165, 1.54) is 25.3 Å². The molecular weight excluding hydrogens is 646 g/mol. The molecule has 3 heterocycles. The van der Waals surface area contributed by atoms with Crippen molar-refractivity contribution in [2.24, 2.45) is 11.8 Å². The molecule has 1 aliphatic carbocycles. The van der Waals surface area contributed by atoms with Crippen molar-refractivity contribution in [2.45, 2.75) is 50.4 Å². The van der Waals surface area contributed by atoms with Gasteiger partial charge in [0.05, 0.1) is 48.8 Å². The lowest BCUT2D eigenvalue weighted by atomic mass is 9.92. The molecule has 0 bridgehead atoms. The average molecular weight is 681 g/mol. The minimum Gasteiger partial charge on any atom is -0.497 e. The van der Waals surface area contributed by atoms with Crippen molar-refractivity contribution in [1.82, 2.24) is 9.97 Å². The highest BCUT2D eigenvalue weighted by Crippen LogP contribution is 2.45. The summed E-state index contributed by atoms with van der Waals surface area (Å²) in [6.45, 7) is -0.695. The number of carbonyl (C=O) groups is 2. The fourth-order valence-corrected chi connectivity index (χ4v) is 5.94. The summed E-state index contributed by atoms with van der Waals surface area (Å²) in [5.74, 6) is -0.972. The first-order valence-electron chi connectivity index (χ1n) is 15.4. The Bertz CT molecular complexity index is 1610. The molecule has 2 fully saturated rings. The molecule has 1 saturated carbocycles. The van der Waals surface area contributed by atoms with Gasteiger partial charge in [0.15, 0.2) is 0 Å². The van der Waals surface area contributed by atoms with E-state index in [9.17, 15) is 41.0 Å². The highest BCUT2D eigenvalue weighted by molar-refractivity contribution is 6.10. The number of ether oxygens (including phenoxy) is 2. The fraction of sp³-hybridized carbons (Fsp3) is 0.455. The largest absolute Gasteiger partial charge is 0.497 e. The molecule has 2 aromatic heterocycles. The molecule has 1 saturated heterocycles. The first-order valence-corrected chi connectivity index (χ1v) is 15.4. The molecule has 0 spiro atoms. The Kier molecular flexibility index (Phi) is 10.3. The van der Waals surface area contributed by atoms with Crippen molar-refractivity contribution in [3.05, 3.63) is 71.7 Å². The van der Waals surface area contributed by atoms with Gasteiger partial charge in [0.1, 0.15) is 12.3 Å². The van der Waals surface area contributed by atoms with Gasteiger partial charge in [-0.3, -0.25) is 19.5 Å². The molecule has 1 N–H and O–H groups in total. The molecule has 1 atom stereocenters. The number of hydrogen-bond donors (Lipinski definition) is 1. The number of carbonyl (C=O) groups excluding carboxylic acids is 1. The van der Waals surface area contributed by atoms with Crippen LogP contribution in [-0.4, -0.2) is 66.5 Å². The Morgan fingerprint density at radius 3 is 2.38 bits per heavy atom. The number of aliphatic carboxylic acids is 1. The predicted octanol–water partition coefficient (Wildman–Crippen LogP) is 6.98. The maximum atomic E-state index is 13.7. The number of halogens is 6. The zero-order valence-corrected chi connectivity index (χ0v) is 25.9. The monoisotopic (exact) mass is 680 g/mol. The Labute approximate surface area is 272 Å². The highest BCUT2D eigenvalue weighted by atomic mass is 19.4. The molecule has 1 aliphatic heterocycles. The van der Waals surface area contributed by atoms with E-state index in [1.54, 1.807) is 12.3 Å². The number of anilines is 2. The first kappa shape index (κ1) is 34.8. The zero-order chi connectivity index (χ0) is 34.6. The molecular formula is C33H34F6N4O5. The number of aromatic nitrogens is 2. The number of carboxylic acid groups (broad SMARTS) is 1. The van der Waals surface area contributed by atoms with Crippen LogP contribution in [0, 0.1) is 11.8 Å². The van der Waals surface area contributed by atoms with Gasteiger partial charge >= 0.3 is 18.3 Å². The number of carboxylic acids is 1. The normalized spacial score (nSPS) is 16.4. The number of hydrogen-bond acceptors (Lipinski definition) is 7. The number of nitrogens with zero attached hydrogens (tertiary/aromatic N) is 4. The van der Waals surface area contributed by atoms with Gasteiger partial charge in [-0.15, -0.1) is 0 Å². The summed E-state index contributed by atoms with van der Waals surface area (Å²) >= 11 is 0. The van der Waals surface area contributed by atoms with Crippen LogP contribution in [0.4, 0.5) is 37.7 Å².